The van der Waals surface area contributed by atoms with Gasteiger partial charge >= 0.3 is 0 Å². The van der Waals surface area contributed by atoms with Crippen molar-refractivity contribution < 1.29 is 9.47 Å². The molecule has 0 radical (unpaired) electrons. The lowest BCUT2D eigenvalue weighted by Crippen LogP contribution is -2.72. The summed E-state index contributed by atoms with van der Waals surface area (Å²) in [5, 5.41) is 6.90. The van der Waals surface area contributed by atoms with E-state index in [0.29, 0.717) is 5.41 Å². The Balaban J connectivity index is 1.59. The molecule has 0 aliphatic carbocycles. The predicted molar refractivity (Wildman–Crippen MR) is 68.5 cm³/mol. The van der Waals surface area contributed by atoms with Gasteiger partial charge in [0.15, 0.2) is 0 Å². The van der Waals surface area contributed by atoms with Crippen molar-refractivity contribution in [3.05, 3.63) is 0 Å². The molecule has 2 spiro atoms. The quantitative estimate of drug-likeness (QED) is 0.708. The van der Waals surface area contributed by atoms with E-state index in [2.05, 4.69) is 10.6 Å². The van der Waals surface area contributed by atoms with Crippen LogP contribution in [-0.2, 0) is 9.47 Å². The summed E-state index contributed by atoms with van der Waals surface area (Å²) >= 11 is 0. The molecule has 2 N–H and O–H groups in total. The number of hydrogen-bond acceptors (Lipinski definition) is 4. The van der Waals surface area contributed by atoms with Crippen molar-refractivity contribution in [2.75, 3.05) is 46.0 Å². The molecule has 0 aromatic carbocycles. The molecule has 0 aromatic rings. The number of nitrogens with one attached hydrogen (secondary N) is 2. The van der Waals surface area contributed by atoms with Crippen LogP contribution in [0.1, 0.15) is 19.3 Å². The lowest BCUT2D eigenvalue weighted by Gasteiger charge is -2.60. The van der Waals surface area contributed by atoms with E-state index in [1.807, 2.05) is 0 Å². The van der Waals surface area contributed by atoms with Crippen LogP contribution in [0, 0.1) is 17.3 Å². The van der Waals surface area contributed by atoms with Crippen molar-refractivity contribution in [1.82, 2.24) is 10.6 Å². The molecule has 18 heavy (non-hydrogen) atoms. The highest BCUT2D eigenvalue weighted by molar-refractivity contribution is 5.10. The fraction of sp³-hybridized carbons (Fsp3) is 1.00. The van der Waals surface area contributed by atoms with Crippen molar-refractivity contribution in [3.8, 4) is 0 Å². The van der Waals surface area contributed by atoms with Gasteiger partial charge in [-0.1, -0.05) is 0 Å². The smallest absolute Gasteiger partial charge is 0.0960 e. The van der Waals surface area contributed by atoms with Gasteiger partial charge in [0.25, 0.3) is 0 Å². The van der Waals surface area contributed by atoms with Gasteiger partial charge in [-0.25, -0.2) is 0 Å². The van der Waals surface area contributed by atoms with E-state index >= 15 is 0 Å². The van der Waals surface area contributed by atoms with Crippen LogP contribution in [0.15, 0.2) is 0 Å². The average molecular weight is 252 g/mol. The van der Waals surface area contributed by atoms with Gasteiger partial charge in [0.1, 0.15) is 0 Å². The van der Waals surface area contributed by atoms with Crippen molar-refractivity contribution in [2.45, 2.75) is 24.9 Å². The van der Waals surface area contributed by atoms with E-state index in [1.54, 1.807) is 0 Å². The summed E-state index contributed by atoms with van der Waals surface area (Å²) in [6.07, 6.45) is 3.83. The highest BCUT2D eigenvalue weighted by Crippen LogP contribution is 2.50. The molecule has 0 aromatic heterocycles. The topological polar surface area (TPSA) is 42.5 Å². The minimum Gasteiger partial charge on any atom is -0.381 e. The molecule has 4 heterocycles. The van der Waals surface area contributed by atoms with Crippen molar-refractivity contribution >= 4 is 0 Å². The molecule has 4 nitrogen and oxygen atoms in total. The van der Waals surface area contributed by atoms with Gasteiger partial charge in [-0.15, -0.1) is 0 Å². The maximum atomic E-state index is 6.21. The summed E-state index contributed by atoms with van der Waals surface area (Å²) in [5.74, 6) is 1.55. The first-order chi connectivity index (χ1) is 8.85. The third-order valence-corrected chi connectivity index (χ3v) is 5.76. The molecule has 4 aliphatic rings. The molecule has 0 amide bonds. The molecule has 2 atom stereocenters. The minimum absolute atomic E-state index is 0.169. The maximum absolute atomic E-state index is 6.21. The van der Waals surface area contributed by atoms with Gasteiger partial charge in [0, 0.05) is 44.8 Å². The Morgan fingerprint density at radius 3 is 2.39 bits per heavy atom. The molecule has 0 bridgehead atoms. The molecular formula is C14H24N2O2. The molecular weight excluding hydrogens is 228 g/mol. The van der Waals surface area contributed by atoms with Crippen LogP contribution < -0.4 is 10.6 Å². The zero-order valence-corrected chi connectivity index (χ0v) is 11.0. The second-order valence-corrected chi connectivity index (χ2v) is 6.68. The number of ether oxygens (including phenoxy) is 2. The monoisotopic (exact) mass is 252 g/mol. The van der Waals surface area contributed by atoms with Gasteiger partial charge in [-0.3, -0.25) is 0 Å². The maximum Gasteiger partial charge on any atom is 0.0960 e. The SMILES string of the molecule is C1COC2(CNC2)C(C2CCOCC23CNC3)C1. The van der Waals surface area contributed by atoms with Crippen LogP contribution in [0.25, 0.3) is 0 Å². The first-order valence-electron chi connectivity index (χ1n) is 7.48. The van der Waals surface area contributed by atoms with Crippen LogP contribution in [0.5, 0.6) is 0 Å². The molecule has 4 rings (SSSR count). The van der Waals surface area contributed by atoms with E-state index in [4.69, 9.17) is 9.47 Å². The first-order valence-corrected chi connectivity index (χ1v) is 7.48. The Morgan fingerprint density at radius 1 is 0.889 bits per heavy atom. The summed E-state index contributed by atoms with van der Waals surface area (Å²) in [4.78, 5) is 0. The van der Waals surface area contributed by atoms with E-state index in [9.17, 15) is 0 Å². The second-order valence-electron chi connectivity index (χ2n) is 6.68. The van der Waals surface area contributed by atoms with Gasteiger partial charge in [0.05, 0.1) is 12.2 Å². The highest BCUT2D eigenvalue weighted by Gasteiger charge is 2.57. The normalized spacial score (nSPS) is 41.3. The minimum atomic E-state index is 0.169. The Labute approximate surface area is 109 Å². The second kappa shape index (κ2) is 4.17. The van der Waals surface area contributed by atoms with Crippen LogP contribution in [-0.4, -0.2) is 51.6 Å². The summed E-state index contributed by atoms with van der Waals surface area (Å²) < 4.78 is 12.0. The summed E-state index contributed by atoms with van der Waals surface area (Å²) in [6, 6.07) is 0. The zero-order chi connectivity index (χ0) is 12.1. The average Bonchev–Trinajstić information content (AvgIpc) is 2.35. The summed E-state index contributed by atoms with van der Waals surface area (Å²) in [5.41, 5.74) is 0.592. The van der Waals surface area contributed by atoms with Gasteiger partial charge < -0.3 is 20.1 Å². The fourth-order valence-corrected chi connectivity index (χ4v) is 4.59. The zero-order valence-electron chi connectivity index (χ0n) is 11.0. The van der Waals surface area contributed by atoms with Crippen LogP contribution >= 0.6 is 0 Å². The third kappa shape index (κ3) is 1.52. The third-order valence-electron chi connectivity index (χ3n) is 5.76. The van der Waals surface area contributed by atoms with E-state index < -0.39 is 0 Å². The lowest BCUT2D eigenvalue weighted by molar-refractivity contribution is -0.201. The Kier molecular flexibility index (Phi) is 2.70. The first kappa shape index (κ1) is 11.6. The summed E-state index contributed by atoms with van der Waals surface area (Å²) in [7, 11) is 0. The van der Waals surface area contributed by atoms with Crippen molar-refractivity contribution in [3.63, 3.8) is 0 Å². The largest absolute Gasteiger partial charge is 0.381 e. The van der Waals surface area contributed by atoms with Gasteiger partial charge in [0.2, 0.25) is 0 Å². The van der Waals surface area contributed by atoms with E-state index in [1.165, 1.54) is 19.3 Å². The Bertz CT molecular complexity index is 294. The number of rotatable bonds is 1. The Hall–Kier alpha value is -0.160. The van der Waals surface area contributed by atoms with Crippen molar-refractivity contribution in [1.29, 1.82) is 0 Å². The molecule has 2 unspecified atom stereocenters. The van der Waals surface area contributed by atoms with E-state index in [-0.39, 0.29) is 5.60 Å². The lowest BCUT2D eigenvalue weighted by atomic mass is 9.57. The molecule has 0 saturated carbocycles. The molecule has 4 aliphatic heterocycles. The van der Waals surface area contributed by atoms with E-state index in [0.717, 1.165) is 57.8 Å². The standard InChI is InChI=1S/C14H24N2O2/c1-2-12(14(18-4-1)8-16-9-14)11-3-5-17-10-13(11)6-15-7-13/h11-12,15-16H,1-10H2. The molecule has 4 saturated heterocycles. The highest BCUT2D eigenvalue weighted by atomic mass is 16.5. The van der Waals surface area contributed by atoms with Crippen LogP contribution in [0.4, 0.5) is 0 Å². The predicted octanol–water partition coefficient (Wildman–Crippen LogP) is 0.381. The van der Waals surface area contributed by atoms with Gasteiger partial charge in [-0.05, 0) is 31.1 Å². The molecule has 4 heteroatoms. The van der Waals surface area contributed by atoms with Gasteiger partial charge in [-0.2, -0.15) is 0 Å². The number of hydrogen-bond donors (Lipinski definition) is 2. The molecule has 102 valence electrons. The Morgan fingerprint density at radius 2 is 1.72 bits per heavy atom. The van der Waals surface area contributed by atoms with Crippen LogP contribution in [0.3, 0.4) is 0 Å². The molecule has 4 fully saturated rings. The van der Waals surface area contributed by atoms with Crippen molar-refractivity contribution in [2.24, 2.45) is 17.3 Å². The summed E-state index contributed by atoms with van der Waals surface area (Å²) in [6.45, 7) is 7.32. The van der Waals surface area contributed by atoms with Crippen LogP contribution in [0.2, 0.25) is 0 Å². The fourth-order valence-electron chi connectivity index (χ4n) is 4.59.